The number of aliphatic hydroxyl groups excluding tert-OH is 1. The van der Waals surface area contributed by atoms with Crippen LogP contribution in [-0.4, -0.2) is 49.0 Å². The van der Waals surface area contributed by atoms with E-state index in [1.807, 2.05) is 18.2 Å². The predicted molar refractivity (Wildman–Crippen MR) is 91.7 cm³/mol. The van der Waals surface area contributed by atoms with Gasteiger partial charge in [-0.1, -0.05) is 30.3 Å². The standard InChI is InChI=1S/C18H23N3O3/c1-23-16-10-17(24-2)20-18(19-16)21-9-8-15(14(11-21)12-22)13-6-4-3-5-7-13/h3-7,10,14-15,22H,8-9,11-12H2,1-2H3/t14-,15+/m1/s1. The van der Waals surface area contributed by atoms with Crippen molar-refractivity contribution >= 4 is 5.95 Å². The molecule has 0 amide bonds. The molecule has 2 aromatic rings. The minimum Gasteiger partial charge on any atom is -0.481 e. The minimum absolute atomic E-state index is 0.136. The lowest BCUT2D eigenvalue weighted by molar-refractivity contribution is 0.189. The van der Waals surface area contributed by atoms with Crippen molar-refractivity contribution in [2.24, 2.45) is 5.92 Å². The molecule has 3 rings (SSSR count). The molecule has 2 heterocycles. The summed E-state index contributed by atoms with van der Waals surface area (Å²) in [7, 11) is 3.15. The molecule has 24 heavy (non-hydrogen) atoms. The van der Waals surface area contributed by atoms with Gasteiger partial charge in [0.1, 0.15) is 0 Å². The number of nitrogens with zero attached hydrogens (tertiary/aromatic N) is 3. The van der Waals surface area contributed by atoms with E-state index in [-0.39, 0.29) is 12.5 Å². The van der Waals surface area contributed by atoms with Crippen LogP contribution >= 0.6 is 0 Å². The van der Waals surface area contributed by atoms with Gasteiger partial charge >= 0.3 is 0 Å². The number of benzene rings is 1. The maximum atomic E-state index is 9.87. The van der Waals surface area contributed by atoms with Gasteiger partial charge in [0.2, 0.25) is 17.7 Å². The van der Waals surface area contributed by atoms with Crippen molar-refractivity contribution in [3.05, 3.63) is 42.0 Å². The zero-order valence-corrected chi connectivity index (χ0v) is 14.1. The summed E-state index contributed by atoms with van der Waals surface area (Å²) in [5.41, 5.74) is 1.28. The number of anilines is 1. The predicted octanol–water partition coefficient (Wildman–Crippen LogP) is 2.10. The molecule has 0 spiro atoms. The quantitative estimate of drug-likeness (QED) is 0.906. The molecule has 1 fully saturated rings. The van der Waals surface area contributed by atoms with E-state index in [1.54, 1.807) is 20.3 Å². The van der Waals surface area contributed by atoms with Crippen LogP contribution in [0.4, 0.5) is 5.95 Å². The van der Waals surface area contributed by atoms with Crippen LogP contribution < -0.4 is 14.4 Å². The Hall–Kier alpha value is -2.34. The van der Waals surface area contributed by atoms with E-state index in [0.717, 1.165) is 13.0 Å². The second kappa shape index (κ2) is 7.49. The maximum Gasteiger partial charge on any atom is 0.231 e. The van der Waals surface area contributed by atoms with Crippen molar-refractivity contribution in [1.29, 1.82) is 0 Å². The summed E-state index contributed by atoms with van der Waals surface area (Å²) < 4.78 is 10.4. The normalized spacial score (nSPS) is 20.7. The molecule has 6 heteroatoms. The fourth-order valence-corrected chi connectivity index (χ4v) is 3.28. The summed E-state index contributed by atoms with van der Waals surface area (Å²) >= 11 is 0. The van der Waals surface area contributed by atoms with Gasteiger partial charge in [0, 0.05) is 25.6 Å². The number of aliphatic hydroxyl groups is 1. The summed E-state index contributed by atoms with van der Waals surface area (Å²) in [6.07, 6.45) is 0.943. The van der Waals surface area contributed by atoms with Crippen molar-refractivity contribution in [2.75, 3.05) is 38.8 Å². The zero-order chi connectivity index (χ0) is 16.9. The third-order valence-corrected chi connectivity index (χ3v) is 4.56. The smallest absolute Gasteiger partial charge is 0.231 e. The second-order valence-corrected chi connectivity index (χ2v) is 5.95. The molecule has 1 aliphatic rings. The molecule has 2 atom stereocenters. The molecule has 0 radical (unpaired) electrons. The van der Waals surface area contributed by atoms with Gasteiger partial charge in [-0.25, -0.2) is 0 Å². The fraction of sp³-hybridized carbons (Fsp3) is 0.444. The van der Waals surface area contributed by atoms with Crippen LogP contribution in [0.25, 0.3) is 0 Å². The fourth-order valence-electron chi connectivity index (χ4n) is 3.28. The first-order valence-corrected chi connectivity index (χ1v) is 8.13. The first-order valence-electron chi connectivity index (χ1n) is 8.13. The minimum atomic E-state index is 0.136. The van der Waals surface area contributed by atoms with E-state index in [0.29, 0.717) is 30.2 Å². The van der Waals surface area contributed by atoms with Crippen molar-refractivity contribution in [2.45, 2.75) is 12.3 Å². The van der Waals surface area contributed by atoms with Gasteiger partial charge in [-0.05, 0) is 17.9 Å². The Kier molecular flexibility index (Phi) is 5.15. The van der Waals surface area contributed by atoms with Gasteiger partial charge in [0.25, 0.3) is 0 Å². The van der Waals surface area contributed by atoms with E-state index >= 15 is 0 Å². The van der Waals surface area contributed by atoms with Crippen LogP contribution in [-0.2, 0) is 0 Å². The number of hydrogen-bond donors (Lipinski definition) is 1. The molecular formula is C18H23N3O3. The molecule has 0 bridgehead atoms. The number of rotatable bonds is 5. The number of methoxy groups -OCH3 is 2. The molecule has 128 valence electrons. The van der Waals surface area contributed by atoms with Crippen LogP contribution in [0.3, 0.4) is 0 Å². The number of aromatic nitrogens is 2. The lowest BCUT2D eigenvalue weighted by atomic mass is 9.81. The summed E-state index contributed by atoms with van der Waals surface area (Å²) in [4.78, 5) is 10.9. The molecule has 0 unspecified atom stereocenters. The molecular weight excluding hydrogens is 306 g/mol. The third kappa shape index (κ3) is 3.43. The topological polar surface area (TPSA) is 67.7 Å². The summed E-state index contributed by atoms with van der Waals surface area (Å²) in [6.45, 7) is 1.66. The zero-order valence-electron chi connectivity index (χ0n) is 14.1. The van der Waals surface area contributed by atoms with E-state index in [9.17, 15) is 5.11 Å². The van der Waals surface area contributed by atoms with E-state index < -0.39 is 0 Å². The number of hydrogen-bond acceptors (Lipinski definition) is 6. The lowest BCUT2D eigenvalue weighted by Crippen LogP contribution is -2.42. The summed E-state index contributed by atoms with van der Waals surface area (Å²) in [5, 5.41) is 9.87. The van der Waals surface area contributed by atoms with Crippen molar-refractivity contribution < 1.29 is 14.6 Å². The van der Waals surface area contributed by atoms with Gasteiger partial charge in [-0.3, -0.25) is 0 Å². The Morgan fingerprint density at radius 3 is 2.38 bits per heavy atom. The first-order chi connectivity index (χ1) is 11.7. The lowest BCUT2D eigenvalue weighted by Gasteiger charge is -2.38. The number of piperidine rings is 1. The molecule has 1 aromatic heterocycles. The Morgan fingerprint density at radius 1 is 1.12 bits per heavy atom. The summed E-state index contributed by atoms with van der Waals surface area (Å²) in [5.74, 6) is 2.02. The molecule has 1 N–H and O–H groups in total. The van der Waals surface area contributed by atoms with E-state index in [4.69, 9.17) is 9.47 Å². The van der Waals surface area contributed by atoms with E-state index in [1.165, 1.54) is 5.56 Å². The van der Waals surface area contributed by atoms with Crippen molar-refractivity contribution in [3.63, 3.8) is 0 Å². The second-order valence-electron chi connectivity index (χ2n) is 5.95. The highest BCUT2D eigenvalue weighted by Gasteiger charge is 2.31. The molecule has 0 saturated carbocycles. The van der Waals surface area contributed by atoms with Crippen molar-refractivity contribution in [3.8, 4) is 11.8 Å². The van der Waals surface area contributed by atoms with Gasteiger partial charge < -0.3 is 19.5 Å². The largest absolute Gasteiger partial charge is 0.481 e. The molecule has 1 saturated heterocycles. The van der Waals surface area contributed by atoms with Crippen LogP contribution in [0, 0.1) is 5.92 Å². The Morgan fingerprint density at radius 2 is 1.79 bits per heavy atom. The SMILES string of the molecule is COc1cc(OC)nc(N2CC[C@@H](c3ccccc3)[C@@H](CO)C2)n1. The highest BCUT2D eigenvalue weighted by Crippen LogP contribution is 2.34. The highest BCUT2D eigenvalue weighted by molar-refractivity contribution is 5.38. The highest BCUT2D eigenvalue weighted by atomic mass is 16.5. The Balaban J connectivity index is 1.81. The molecule has 6 nitrogen and oxygen atoms in total. The van der Waals surface area contributed by atoms with Crippen molar-refractivity contribution in [1.82, 2.24) is 9.97 Å². The Bertz CT molecular complexity index is 644. The van der Waals surface area contributed by atoms with Gasteiger partial charge in [0.05, 0.1) is 20.3 Å². The average Bonchev–Trinajstić information content (AvgIpc) is 2.67. The van der Waals surface area contributed by atoms with Crippen LogP contribution in [0.1, 0.15) is 17.9 Å². The molecule has 1 aliphatic heterocycles. The Labute approximate surface area is 142 Å². The van der Waals surface area contributed by atoms with Gasteiger partial charge in [0.15, 0.2) is 0 Å². The van der Waals surface area contributed by atoms with E-state index in [2.05, 4.69) is 27.0 Å². The first kappa shape index (κ1) is 16.5. The van der Waals surface area contributed by atoms with Crippen LogP contribution in [0.5, 0.6) is 11.8 Å². The van der Waals surface area contributed by atoms with Gasteiger partial charge in [-0.2, -0.15) is 9.97 Å². The van der Waals surface area contributed by atoms with Gasteiger partial charge in [-0.15, -0.1) is 0 Å². The summed E-state index contributed by atoms with van der Waals surface area (Å²) in [6, 6.07) is 12.0. The number of ether oxygens (including phenoxy) is 2. The molecule has 0 aliphatic carbocycles. The average molecular weight is 329 g/mol. The molecule has 1 aromatic carbocycles. The van der Waals surface area contributed by atoms with Crippen LogP contribution in [0.15, 0.2) is 36.4 Å². The monoisotopic (exact) mass is 329 g/mol. The third-order valence-electron chi connectivity index (χ3n) is 4.56. The van der Waals surface area contributed by atoms with Crippen LogP contribution in [0.2, 0.25) is 0 Å². The maximum absolute atomic E-state index is 9.87.